The molecule has 0 fully saturated rings. The molecule has 0 aliphatic heterocycles. The molecule has 1 rings (SSSR count). The third kappa shape index (κ3) is 3.15. The molecule has 0 amide bonds. The van der Waals surface area contributed by atoms with Crippen molar-refractivity contribution < 1.29 is 17.9 Å². The first kappa shape index (κ1) is 11.3. The number of nitrogens with zero attached hydrogens (tertiary/aromatic N) is 2. The maximum atomic E-state index is 12.1. The Morgan fingerprint density at radius 2 is 1.93 bits per heavy atom. The second-order valence-corrected chi connectivity index (χ2v) is 2.79. The summed E-state index contributed by atoms with van der Waals surface area (Å²) in [4.78, 5) is 6.94. The molecule has 1 atom stereocenters. The zero-order chi connectivity index (χ0) is 11.6. The molecular weight excluding hydrogens is 213 g/mol. The summed E-state index contributed by atoms with van der Waals surface area (Å²) < 4.78 is 40.8. The molecule has 1 aromatic rings. The number of rotatable bonds is 2. The summed E-state index contributed by atoms with van der Waals surface area (Å²) >= 11 is 0. The van der Waals surface area contributed by atoms with Crippen molar-refractivity contribution in [1.29, 1.82) is 0 Å². The molecule has 0 saturated carbocycles. The van der Waals surface area contributed by atoms with Crippen molar-refractivity contribution in [1.82, 2.24) is 9.97 Å². The number of hydrogen-bond donors (Lipinski definition) is 2. The summed E-state index contributed by atoms with van der Waals surface area (Å²) in [5, 5.41) is 0. The van der Waals surface area contributed by atoms with Crippen LogP contribution in [-0.4, -0.2) is 22.2 Å². The van der Waals surface area contributed by atoms with Gasteiger partial charge in [-0.25, -0.2) is 0 Å². The largest absolute Gasteiger partial charge is 0.465 e. The minimum Gasteiger partial charge on any atom is -0.465 e. The van der Waals surface area contributed by atoms with Crippen LogP contribution in [-0.2, 0) is 0 Å². The number of nitrogen functional groups attached to an aromatic ring is 2. The lowest BCUT2D eigenvalue weighted by Gasteiger charge is -2.16. The summed E-state index contributed by atoms with van der Waals surface area (Å²) in [5.41, 5.74) is 10.4. The van der Waals surface area contributed by atoms with Gasteiger partial charge in [0.1, 0.15) is 5.82 Å². The minimum absolute atomic E-state index is 0.0492. The molecule has 8 heteroatoms. The van der Waals surface area contributed by atoms with Crippen LogP contribution in [0.25, 0.3) is 0 Å². The lowest BCUT2D eigenvalue weighted by atomic mass is 10.4. The average molecular weight is 222 g/mol. The van der Waals surface area contributed by atoms with Gasteiger partial charge in [-0.2, -0.15) is 23.1 Å². The van der Waals surface area contributed by atoms with Crippen LogP contribution >= 0.6 is 0 Å². The van der Waals surface area contributed by atoms with Gasteiger partial charge >= 0.3 is 6.18 Å². The van der Waals surface area contributed by atoms with Gasteiger partial charge in [-0.05, 0) is 6.92 Å². The van der Waals surface area contributed by atoms with Gasteiger partial charge in [0.05, 0.1) is 0 Å². The number of ether oxygens (including phenoxy) is 1. The minimum atomic E-state index is -4.46. The van der Waals surface area contributed by atoms with Crippen molar-refractivity contribution in [2.24, 2.45) is 0 Å². The quantitative estimate of drug-likeness (QED) is 0.778. The Morgan fingerprint density at radius 1 is 1.33 bits per heavy atom. The summed E-state index contributed by atoms with van der Waals surface area (Å²) in [6.45, 7) is 0.856. The van der Waals surface area contributed by atoms with Crippen LogP contribution in [0.4, 0.5) is 24.9 Å². The van der Waals surface area contributed by atoms with E-state index in [1.165, 1.54) is 0 Å². The summed E-state index contributed by atoms with van der Waals surface area (Å²) in [6.07, 6.45) is -6.44. The van der Waals surface area contributed by atoms with E-state index < -0.39 is 12.3 Å². The van der Waals surface area contributed by atoms with Gasteiger partial charge in [-0.15, -0.1) is 0 Å². The molecule has 5 nitrogen and oxygen atoms in total. The number of anilines is 2. The molecule has 1 heterocycles. The Balaban J connectivity index is 2.81. The predicted molar refractivity (Wildman–Crippen MR) is 47.0 cm³/mol. The first-order chi connectivity index (χ1) is 6.79. The van der Waals surface area contributed by atoms with Crippen LogP contribution in [0.2, 0.25) is 0 Å². The van der Waals surface area contributed by atoms with Crippen LogP contribution in [0.3, 0.4) is 0 Å². The van der Waals surface area contributed by atoms with E-state index in [9.17, 15) is 13.2 Å². The van der Waals surface area contributed by atoms with Gasteiger partial charge < -0.3 is 16.2 Å². The molecule has 1 aromatic heterocycles. The lowest BCUT2D eigenvalue weighted by molar-refractivity contribution is -0.189. The maximum absolute atomic E-state index is 12.1. The van der Waals surface area contributed by atoms with E-state index in [0.717, 1.165) is 13.0 Å². The second kappa shape index (κ2) is 3.79. The Kier molecular flexibility index (Phi) is 2.87. The summed E-state index contributed by atoms with van der Waals surface area (Å²) in [5.74, 6) is -0.587. The number of hydrogen-bond acceptors (Lipinski definition) is 5. The van der Waals surface area contributed by atoms with Crippen LogP contribution < -0.4 is 16.2 Å². The van der Waals surface area contributed by atoms with Crippen molar-refractivity contribution in [2.45, 2.75) is 19.2 Å². The highest BCUT2D eigenvalue weighted by Crippen LogP contribution is 2.24. The molecule has 0 radical (unpaired) electrons. The molecule has 1 unspecified atom stereocenters. The topological polar surface area (TPSA) is 87.0 Å². The molecule has 15 heavy (non-hydrogen) atoms. The second-order valence-electron chi connectivity index (χ2n) is 2.79. The Bertz CT molecular complexity index is 334. The standard InChI is InChI=1S/C7H9F3N4O/c1-3(7(8,9)10)15-5-2-4(11)13-6(12)14-5/h2-3H,1H3,(H4,11,12,13,14). The van der Waals surface area contributed by atoms with Gasteiger partial charge in [0.15, 0.2) is 6.10 Å². The third-order valence-electron chi connectivity index (χ3n) is 1.50. The molecule has 0 spiro atoms. The predicted octanol–water partition coefficient (Wildman–Crippen LogP) is 0.971. The fourth-order valence-electron chi connectivity index (χ4n) is 0.770. The van der Waals surface area contributed by atoms with E-state index >= 15 is 0 Å². The summed E-state index contributed by atoms with van der Waals surface area (Å²) in [7, 11) is 0. The van der Waals surface area contributed by atoms with Crippen LogP contribution in [0.1, 0.15) is 6.92 Å². The smallest absolute Gasteiger partial charge is 0.425 e. The van der Waals surface area contributed by atoms with Crippen molar-refractivity contribution in [2.75, 3.05) is 11.5 Å². The SMILES string of the molecule is CC(Oc1cc(N)nc(N)n1)C(F)(F)F. The van der Waals surface area contributed by atoms with Crippen LogP contribution in [0, 0.1) is 0 Å². The Hall–Kier alpha value is -1.73. The fourth-order valence-corrected chi connectivity index (χ4v) is 0.770. The lowest BCUT2D eigenvalue weighted by Crippen LogP contribution is -2.31. The zero-order valence-electron chi connectivity index (χ0n) is 7.75. The normalized spacial score (nSPS) is 13.6. The summed E-state index contributed by atoms with van der Waals surface area (Å²) in [6, 6.07) is 1.07. The first-order valence-corrected chi connectivity index (χ1v) is 3.92. The highest BCUT2D eigenvalue weighted by atomic mass is 19.4. The molecular formula is C7H9F3N4O. The molecule has 0 bridgehead atoms. The van der Waals surface area contributed by atoms with Crippen molar-refractivity contribution in [3.63, 3.8) is 0 Å². The zero-order valence-corrected chi connectivity index (χ0v) is 7.75. The van der Waals surface area contributed by atoms with Crippen molar-refractivity contribution >= 4 is 11.8 Å². The van der Waals surface area contributed by atoms with E-state index in [0.29, 0.717) is 0 Å². The van der Waals surface area contributed by atoms with E-state index in [-0.39, 0.29) is 17.6 Å². The molecule has 0 aromatic carbocycles. The van der Waals surface area contributed by atoms with E-state index in [1.807, 2.05) is 0 Å². The van der Waals surface area contributed by atoms with Gasteiger partial charge in [0.25, 0.3) is 0 Å². The molecule has 4 N–H and O–H groups in total. The molecule has 84 valence electrons. The van der Waals surface area contributed by atoms with Crippen LogP contribution in [0.5, 0.6) is 5.88 Å². The van der Waals surface area contributed by atoms with Gasteiger partial charge in [-0.1, -0.05) is 0 Å². The average Bonchev–Trinajstić information content (AvgIpc) is 1.99. The molecule has 0 saturated heterocycles. The third-order valence-corrected chi connectivity index (χ3v) is 1.50. The fraction of sp³-hybridized carbons (Fsp3) is 0.429. The monoisotopic (exact) mass is 222 g/mol. The number of nitrogens with two attached hydrogens (primary N) is 2. The van der Waals surface area contributed by atoms with Gasteiger partial charge in [0.2, 0.25) is 11.8 Å². The highest BCUT2D eigenvalue weighted by Gasteiger charge is 2.38. The van der Waals surface area contributed by atoms with Gasteiger partial charge in [0, 0.05) is 6.07 Å². The Labute approximate surface area is 83.3 Å². The van der Waals surface area contributed by atoms with Crippen molar-refractivity contribution in [3.8, 4) is 5.88 Å². The van der Waals surface area contributed by atoms with Crippen molar-refractivity contribution in [3.05, 3.63) is 6.07 Å². The Morgan fingerprint density at radius 3 is 2.40 bits per heavy atom. The van der Waals surface area contributed by atoms with E-state index in [2.05, 4.69) is 14.7 Å². The first-order valence-electron chi connectivity index (χ1n) is 3.92. The van der Waals surface area contributed by atoms with Crippen LogP contribution in [0.15, 0.2) is 6.07 Å². The van der Waals surface area contributed by atoms with Gasteiger partial charge in [-0.3, -0.25) is 0 Å². The molecule has 0 aliphatic rings. The number of alkyl halides is 3. The number of halogens is 3. The van der Waals surface area contributed by atoms with E-state index in [1.54, 1.807) is 0 Å². The van der Waals surface area contributed by atoms with E-state index in [4.69, 9.17) is 11.5 Å². The highest BCUT2D eigenvalue weighted by molar-refractivity contribution is 5.38. The molecule has 0 aliphatic carbocycles. The maximum Gasteiger partial charge on any atom is 0.425 e. The number of aromatic nitrogens is 2.